The van der Waals surface area contributed by atoms with Crippen LogP contribution >= 0.6 is 0 Å². The van der Waals surface area contributed by atoms with Gasteiger partial charge in [-0.3, -0.25) is 4.79 Å². The molecule has 1 fully saturated rings. The lowest BCUT2D eigenvalue weighted by atomic mass is 10.00. The summed E-state index contributed by atoms with van der Waals surface area (Å²) in [5, 5.41) is 13.2. The molecule has 1 saturated heterocycles. The Morgan fingerprint density at radius 2 is 1.83 bits per heavy atom. The standard InChI is InChI=1S/C22H24FNO5/c1-13-12-24-11-3-4-17(13)29-22(27)15-7-5-14(6-8-15)21(26)19-16(25)9-10-18(28-2)20(19)23/h5-10,13,17,24-25H,3-4,11-12H2,1-2H3/t13-,17-/m1/s1. The Balaban J connectivity index is 1.76. The summed E-state index contributed by atoms with van der Waals surface area (Å²) >= 11 is 0. The van der Waals surface area contributed by atoms with Crippen LogP contribution in [-0.2, 0) is 4.74 Å². The number of methoxy groups -OCH3 is 1. The molecule has 0 radical (unpaired) electrons. The molecular weight excluding hydrogens is 377 g/mol. The van der Waals surface area contributed by atoms with Crippen LogP contribution in [0.5, 0.6) is 11.5 Å². The number of esters is 1. The maximum absolute atomic E-state index is 14.4. The molecule has 2 aromatic rings. The van der Waals surface area contributed by atoms with Gasteiger partial charge in [0, 0.05) is 18.0 Å². The SMILES string of the molecule is COc1ccc(O)c(C(=O)c2ccc(C(=O)O[C@@H]3CCCNC[C@H]3C)cc2)c1F. The molecule has 1 heterocycles. The molecule has 3 rings (SSSR count). The number of phenolic OH excluding ortho intramolecular Hbond substituents is 1. The summed E-state index contributed by atoms with van der Waals surface area (Å²) in [6.07, 6.45) is 1.57. The first kappa shape index (κ1) is 20.8. The van der Waals surface area contributed by atoms with Gasteiger partial charge in [-0.25, -0.2) is 9.18 Å². The van der Waals surface area contributed by atoms with E-state index < -0.39 is 28.9 Å². The van der Waals surface area contributed by atoms with Crippen LogP contribution in [-0.4, -0.2) is 43.2 Å². The maximum Gasteiger partial charge on any atom is 0.338 e. The summed E-state index contributed by atoms with van der Waals surface area (Å²) in [6, 6.07) is 8.19. The first-order chi connectivity index (χ1) is 13.9. The third-order valence-corrected chi connectivity index (χ3v) is 5.12. The second-order valence-electron chi connectivity index (χ2n) is 7.15. The van der Waals surface area contributed by atoms with Crippen molar-refractivity contribution in [3.63, 3.8) is 0 Å². The topological polar surface area (TPSA) is 84.9 Å². The lowest BCUT2D eigenvalue weighted by molar-refractivity contribution is 0.0158. The highest BCUT2D eigenvalue weighted by Crippen LogP contribution is 2.30. The summed E-state index contributed by atoms with van der Waals surface area (Å²) in [5.41, 5.74) is -0.0308. The molecular formula is C22H24FNO5. The summed E-state index contributed by atoms with van der Waals surface area (Å²) in [4.78, 5) is 25.1. The van der Waals surface area contributed by atoms with Crippen LogP contribution in [0.15, 0.2) is 36.4 Å². The molecule has 0 aliphatic carbocycles. The highest BCUT2D eigenvalue weighted by Gasteiger charge is 2.25. The second-order valence-corrected chi connectivity index (χ2v) is 7.15. The largest absolute Gasteiger partial charge is 0.507 e. The van der Waals surface area contributed by atoms with Gasteiger partial charge >= 0.3 is 5.97 Å². The first-order valence-electron chi connectivity index (χ1n) is 9.54. The quantitative estimate of drug-likeness (QED) is 0.591. The third kappa shape index (κ3) is 4.56. The van der Waals surface area contributed by atoms with Crippen molar-refractivity contribution < 1.29 is 28.6 Å². The highest BCUT2D eigenvalue weighted by molar-refractivity contribution is 6.11. The van der Waals surface area contributed by atoms with Crippen molar-refractivity contribution in [1.82, 2.24) is 5.32 Å². The van der Waals surface area contributed by atoms with Crippen LogP contribution in [0, 0.1) is 11.7 Å². The molecule has 0 aromatic heterocycles. The number of aromatic hydroxyl groups is 1. The van der Waals surface area contributed by atoms with Gasteiger partial charge in [0.25, 0.3) is 0 Å². The zero-order valence-electron chi connectivity index (χ0n) is 16.4. The van der Waals surface area contributed by atoms with Gasteiger partial charge in [0.1, 0.15) is 17.4 Å². The normalized spacial score (nSPS) is 19.3. The predicted molar refractivity (Wildman–Crippen MR) is 105 cm³/mol. The molecule has 1 aliphatic heterocycles. The Morgan fingerprint density at radius 3 is 2.52 bits per heavy atom. The molecule has 0 saturated carbocycles. The molecule has 2 aromatic carbocycles. The van der Waals surface area contributed by atoms with Crippen LogP contribution in [0.2, 0.25) is 0 Å². The lowest BCUT2D eigenvalue weighted by Crippen LogP contribution is -2.29. The zero-order valence-corrected chi connectivity index (χ0v) is 16.4. The van der Waals surface area contributed by atoms with Crippen LogP contribution in [0.1, 0.15) is 46.0 Å². The number of phenols is 1. The molecule has 0 amide bonds. The molecule has 2 N–H and O–H groups in total. The van der Waals surface area contributed by atoms with E-state index in [-0.39, 0.29) is 23.3 Å². The van der Waals surface area contributed by atoms with Gasteiger partial charge in [-0.2, -0.15) is 0 Å². The van der Waals surface area contributed by atoms with E-state index in [1.54, 1.807) is 0 Å². The minimum atomic E-state index is -0.933. The fraction of sp³-hybridized carbons (Fsp3) is 0.364. The number of hydrogen-bond donors (Lipinski definition) is 2. The van der Waals surface area contributed by atoms with Crippen molar-refractivity contribution in [2.45, 2.75) is 25.9 Å². The van der Waals surface area contributed by atoms with Crippen molar-refractivity contribution in [1.29, 1.82) is 0 Å². The van der Waals surface area contributed by atoms with Crippen molar-refractivity contribution in [2.75, 3.05) is 20.2 Å². The van der Waals surface area contributed by atoms with Crippen molar-refractivity contribution in [3.8, 4) is 11.5 Å². The highest BCUT2D eigenvalue weighted by atomic mass is 19.1. The van der Waals surface area contributed by atoms with Crippen LogP contribution < -0.4 is 10.1 Å². The number of rotatable bonds is 5. The Morgan fingerprint density at radius 1 is 1.14 bits per heavy atom. The predicted octanol–water partition coefficient (Wildman–Crippen LogP) is 3.32. The Hall–Kier alpha value is -2.93. The zero-order chi connectivity index (χ0) is 21.0. The Kier molecular flexibility index (Phi) is 6.49. The Bertz CT molecular complexity index is 897. The number of carbonyl (C=O) groups excluding carboxylic acids is 2. The van der Waals surface area contributed by atoms with Gasteiger partial charge in [-0.15, -0.1) is 0 Å². The number of benzene rings is 2. The van der Waals surface area contributed by atoms with Crippen LogP contribution in [0.3, 0.4) is 0 Å². The molecule has 7 heteroatoms. The van der Waals surface area contributed by atoms with E-state index in [0.29, 0.717) is 5.56 Å². The number of hydrogen-bond acceptors (Lipinski definition) is 6. The van der Waals surface area contributed by atoms with E-state index in [4.69, 9.17) is 9.47 Å². The van der Waals surface area contributed by atoms with E-state index in [0.717, 1.165) is 25.9 Å². The molecule has 0 bridgehead atoms. The summed E-state index contributed by atoms with van der Waals surface area (Å²) in [7, 11) is 1.27. The lowest BCUT2D eigenvalue weighted by Gasteiger charge is -2.21. The maximum atomic E-state index is 14.4. The van der Waals surface area contributed by atoms with Gasteiger partial charge in [-0.05, 0) is 43.7 Å². The number of carbonyl (C=O) groups is 2. The molecule has 1 aliphatic rings. The molecule has 0 spiro atoms. The molecule has 2 atom stereocenters. The van der Waals surface area contributed by atoms with Crippen molar-refractivity contribution in [2.24, 2.45) is 5.92 Å². The monoisotopic (exact) mass is 401 g/mol. The minimum Gasteiger partial charge on any atom is -0.507 e. The number of ether oxygens (including phenoxy) is 2. The molecule has 0 unspecified atom stereocenters. The van der Waals surface area contributed by atoms with Crippen LogP contribution in [0.25, 0.3) is 0 Å². The summed E-state index contributed by atoms with van der Waals surface area (Å²) in [5.74, 6) is -2.51. The van der Waals surface area contributed by atoms with Gasteiger partial charge in [0.2, 0.25) is 0 Å². The van der Waals surface area contributed by atoms with Gasteiger partial charge in [-0.1, -0.05) is 19.1 Å². The molecule has 6 nitrogen and oxygen atoms in total. The van der Waals surface area contributed by atoms with E-state index in [9.17, 15) is 19.1 Å². The number of halogens is 1. The summed E-state index contributed by atoms with van der Waals surface area (Å²) < 4.78 is 24.9. The smallest absolute Gasteiger partial charge is 0.338 e. The minimum absolute atomic E-state index is 0.135. The van der Waals surface area contributed by atoms with E-state index in [1.165, 1.54) is 43.5 Å². The van der Waals surface area contributed by atoms with Crippen molar-refractivity contribution in [3.05, 3.63) is 58.9 Å². The first-order valence-corrected chi connectivity index (χ1v) is 9.54. The van der Waals surface area contributed by atoms with E-state index in [1.807, 2.05) is 6.92 Å². The molecule has 29 heavy (non-hydrogen) atoms. The second kappa shape index (κ2) is 9.05. The third-order valence-electron chi connectivity index (χ3n) is 5.12. The molecule has 154 valence electrons. The van der Waals surface area contributed by atoms with E-state index in [2.05, 4.69) is 5.32 Å². The van der Waals surface area contributed by atoms with Crippen molar-refractivity contribution >= 4 is 11.8 Å². The van der Waals surface area contributed by atoms with Gasteiger partial charge < -0.3 is 19.9 Å². The average molecular weight is 401 g/mol. The van der Waals surface area contributed by atoms with E-state index >= 15 is 0 Å². The summed E-state index contributed by atoms with van der Waals surface area (Å²) in [6.45, 7) is 3.73. The van der Waals surface area contributed by atoms with Gasteiger partial charge in [0.05, 0.1) is 12.7 Å². The number of ketones is 1. The van der Waals surface area contributed by atoms with Crippen LogP contribution in [0.4, 0.5) is 4.39 Å². The average Bonchev–Trinajstić information content (AvgIpc) is 2.92. The fourth-order valence-electron chi connectivity index (χ4n) is 3.38. The van der Waals surface area contributed by atoms with Gasteiger partial charge in [0.15, 0.2) is 17.3 Å². The fourth-order valence-corrected chi connectivity index (χ4v) is 3.38. The Labute approximate surface area is 168 Å². The number of nitrogens with one attached hydrogen (secondary N) is 1.